The summed E-state index contributed by atoms with van der Waals surface area (Å²) in [4.78, 5) is 27.1. The molecule has 1 N–H and O–H groups in total. The summed E-state index contributed by atoms with van der Waals surface area (Å²) in [5.74, 6) is 1.10. The molecule has 1 aromatic carbocycles. The van der Waals surface area contributed by atoms with Gasteiger partial charge in [0.25, 0.3) is 0 Å². The van der Waals surface area contributed by atoms with Crippen LogP contribution in [0.3, 0.4) is 0 Å². The lowest BCUT2D eigenvalue weighted by molar-refractivity contribution is -0.121. The Morgan fingerprint density at radius 2 is 2.08 bits per heavy atom. The highest BCUT2D eigenvalue weighted by molar-refractivity contribution is 7.10. The minimum atomic E-state index is -0.187. The quantitative estimate of drug-likeness (QED) is 0.858. The topological polar surface area (TPSA) is 67.9 Å². The zero-order valence-electron chi connectivity index (χ0n) is 14.2. The van der Waals surface area contributed by atoms with Crippen LogP contribution in [-0.2, 0) is 16.0 Å². The van der Waals surface area contributed by atoms with Gasteiger partial charge < -0.3 is 19.7 Å². The lowest BCUT2D eigenvalue weighted by Crippen LogP contribution is -2.37. The van der Waals surface area contributed by atoms with Gasteiger partial charge in [-0.2, -0.15) is 0 Å². The maximum absolute atomic E-state index is 12.3. The molecule has 2 amide bonds. The number of carbonyl (C=O) groups is 2. The Morgan fingerprint density at radius 3 is 2.76 bits per heavy atom. The van der Waals surface area contributed by atoms with E-state index in [0.29, 0.717) is 30.9 Å². The normalized spacial score (nSPS) is 16.8. The van der Waals surface area contributed by atoms with E-state index in [0.717, 1.165) is 10.6 Å². The molecule has 0 saturated carbocycles. The summed E-state index contributed by atoms with van der Waals surface area (Å²) in [5, 5.41) is 4.89. The second kappa shape index (κ2) is 7.57. The van der Waals surface area contributed by atoms with E-state index in [4.69, 9.17) is 9.47 Å². The highest BCUT2D eigenvalue weighted by Crippen LogP contribution is 2.33. The fourth-order valence-corrected chi connectivity index (χ4v) is 3.60. The second-order valence-electron chi connectivity index (χ2n) is 5.77. The number of rotatable bonds is 6. The molecule has 1 aromatic heterocycles. The van der Waals surface area contributed by atoms with Crippen LogP contribution in [0.25, 0.3) is 0 Å². The van der Waals surface area contributed by atoms with Gasteiger partial charge in [0.2, 0.25) is 11.8 Å². The zero-order valence-corrected chi connectivity index (χ0v) is 15.0. The van der Waals surface area contributed by atoms with Crippen LogP contribution in [0, 0.1) is 0 Å². The Kier molecular flexibility index (Phi) is 5.23. The van der Waals surface area contributed by atoms with Gasteiger partial charge in [-0.15, -0.1) is 11.3 Å². The van der Waals surface area contributed by atoms with E-state index in [1.54, 1.807) is 42.6 Å². The van der Waals surface area contributed by atoms with Gasteiger partial charge in [0, 0.05) is 29.6 Å². The van der Waals surface area contributed by atoms with E-state index in [1.165, 1.54) is 0 Å². The number of anilines is 1. The van der Waals surface area contributed by atoms with Gasteiger partial charge in [-0.3, -0.25) is 9.59 Å². The number of amides is 2. The van der Waals surface area contributed by atoms with E-state index in [2.05, 4.69) is 5.32 Å². The molecule has 1 atom stereocenters. The summed E-state index contributed by atoms with van der Waals surface area (Å²) in [6.07, 6.45) is 0.642. The van der Waals surface area contributed by atoms with Gasteiger partial charge >= 0.3 is 0 Å². The Labute approximate surface area is 150 Å². The van der Waals surface area contributed by atoms with Crippen LogP contribution in [0.5, 0.6) is 11.5 Å². The van der Waals surface area contributed by atoms with Crippen molar-refractivity contribution < 1.29 is 19.1 Å². The molecule has 0 bridgehead atoms. The first-order valence-electron chi connectivity index (χ1n) is 7.95. The van der Waals surface area contributed by atoms with Crippen molar-refractivity contribution in [3.63, 3.8) is 0 Å². The number of carbonyl (C=O) groups excluding carboxylic acids is 2. The van der Waals surface area contributed by atoms with E-state index < -0.39 is 0 Å². The van der Waals surface area contributed by atoms with Crippen LogP contribution in [0.15, 0.2) is 35.7 Å². The van der Waals surface area contributed by atoms with Crippen molar-refractivity contribution in [1.82, 2.24) is 5.32 Å². The van der Waals surface area contributed by atoms with Crippen LogP contribution in [0.1, 0.15) is 11.3 Å². The number of ether oxygens (including phenoxy) is 2. The average molecular weight is 360 g/mol. The van der Waals surface area contributed by atoms with Gasteiger partial charge in [0.15, 0.2) is 11.5 Å². The van der Waals surface area contributed by atoms with Crippen molar-refractivity contribution in [2.75, 3.05) is 25.7 Å². The summed E-state index contributed by atoms with van der Waals surface area (Å²) in [6.45, 7) is 0.449. The van der Waals surface area contributed by atoms with Crippen molar-refractivity contribution >= 4 is 28.8 Å². The minimum absolute atomic E-state index is 0.0198. The average Bonchev–Trinajstić information content (AvgIpc) is 3.23. The fraction of sp³-hybridized carbons (Fsp3) is 0.333. The smallest absolute Gasteiger partial charge is 0.229 e. The molecule has 1 aliphatic rings. The number of nitrogens with one attached hydrogen (secondary N) is 1. The van der Waals surface area contributed by atoms with Gasteiger partial charge in [0.1, 0.15) is 0 Å². The molecule has 0 radical (unpaired) electrons. The summed E-state index contributed by atoms with van der Waals surface area (Å²) >= 11 is 1.55. The molecular formula is C18H20N2O4S. The van der Waals surface area contributed by atoms with Crippen molar-refractivity contribution in [2.24, 2.45) is 0 Å². The standard InChI is InChI=1S/C18H20N2O4S/c1-23-15-6-5-13(9-16(15)24-2)20-11-12(8-18(20)22)19-17(21)10-14-4-3-7-25-14/h3-7,9,12H,8,10-11H2,1-2H3,(H,19,21). The zero-order chi connectivity index (χ0) is 17.8. The van der Waals surface area contributed by atoms with Crippen LogP contribution in [-0.4, -0.2) is 38.6 Å². The van der Waals surface area contributed by atoms with Crippen molar-refractivity contribution in [3.8, 4) is 11.5 Å². The lowest BCUT2D eigenvalue weighted by Gasteiger charge is -2.19. The largest absolute Gasteiger partial charge is 0.493 e. The first kappa shape index (κ1) is 17.3. The Bertz CT molecular complexity index is 760. The molecule has 7 heteroatoms. The van der Waals surface area contributed by atoms with Crippen LogP contribution < -0.4 is 19.7 Å². The summed E-state index contributed by atoms with van der Waals surface area (Å²) in [7, 11) is 3.12. The molecular weight excluding hydrogens is 340 g/mol. The number of thiophene rings is 1. The number of hydrogen-bond donors (Lipinski definition) is 1. The predicted molar refractivity (Wildman–Crippen MR) is 96.5 cm³/mol. The molecule has 0 spiro atoms. The van der Waals surface area contributed by atoms with E-state index in [9.17, 15) is 9.59 Å². The van der Waals surface area contributed by atoms with Crippen molar-refractivity contribution in [2.45, 2.75) is 18.9 Å². The van der Waals surface area contributed by atoms with E-state index in [1.807, 2.05) is 23.6 Å². The van der Waals surface area contributed by atoms with E-state index >= 15 is 0 Å². The fourth-order valence-electron chi connectivity index (χ4n) is 2.90. The SMILES string of the molecule is COc1ccc(N2CC(NC(=O)Cc3cccs3)CC2=O)cc1OC. The molecule has 3 rings (SSSR count). The van der Waals surface area contributed by atoms with Crippen LogP contribution >= 0.6 is 11.3 Å². The molecule has 1 aliphatic heterocycles. The molecule has 0 aliphatic carbocycles. The number of benzene rings is 1. The van der Waals surface area contributed by atoms with Gasteiger partial charge in [-0.05, 0) is 23.6 Å². The highest BCUT2D eigenvalue weighted by Gasteiger charge is 2.32. The Hall–Kier alpha value is -2.54. The maximum atomic E-state index is 12.3. The Balaban J connectivity index is 1.65. The van der Waals surface area contributed by atoms with Gasteiger partial charge in [-0.25, -0.2) is 0 Å². The molecule has 1 unspecified atom stereocenters. The predicted octanol–water partition coefficient (Wildman–Crippen LogP) is 2.23. The van der Waals surface area contributed by atoms with Gasteiger partial charge in [-0.1, -0.05) is 6.07 Å². The van der Waals surface area contributed by atoms with E-state index in [-0.39, 0.29) is 17.9 Å². The van der Waals surface area contributed by atoms with Crippen LogP contribution in [0.4, 0.5) is 5.69 Å². The molecule has 6 nitrogen and oxygen atoms in total. The number of hydrogen-bond acceptors (Lipinski definition) is 5. The molecule has 1 fully saturated rings. The van der Waals surface area contributed by atoms with Gasteiger partial charge in [0.05, 0.1) is 26.7 Å². The first-order valence-corrected chi connectivity index (χ1v) is 8.83. The number of nitrogens with zero attached hydrogens (tertiary/aromatic N) is 1. The third-order valence-corrected chi connectivity index (χ3v) is 4.96. The third-order valence-electron chi connectivity index (χ3n) is 4.08. The second-order valence-corrected chi connectivity index (χ2v) is 6.80. The third kappa shape index (κ3) is 3.93. The maximum Gasteiger partial charge on any atom is 0.229 e. The molecule has 25 heavy (non-hydrogen) atoms. The molecule has 1 saturated heterocycles. The minimum Gasteiger partial charge on any atom is -0.493 e. The monoisotopic (exact) mass is 360 g/mol. The number of methoxy groups -OCH3 is 2. The molecule has 2 heterocycles. The first-order chi connectivity index (χ1) is 12.1. The molecule has 2 aromatic rings. The van der Waals surface area contributed by atoms with Crippen molar-refractivity contribution in [3.05, 3.63) is 40.6 Å². The summed E-state index contributed by atoms with van der Waals surface area (Å²) < 4.78 is 10.5. The lowest BCUT2D eigenvalue weighted by atomic mass is 10.2. The van der Waals surface area contributed by atoms with Crippen molar-refractivity contribution in [1.29, 1.82) is 0 Å². The Morgan fingerprint density at radius 1 is 1.28 bits per heavy atom. The highest BCUT2D eigenvalue weighted by atomic mass is 32.1. The summed E-state index contributed by atoms with van der Waals surface area (Å²) in [6, 6.07) is 9.02. The summed E-state index contributed by atoms with van der Waals surface area (Å²) in [5.41, 5.74) is 0.734. The van der Waals surface area contributed by atoms with Crippen LogP contribution in [0.2, 0.25) is 0 Å². The molecule has 132 valence electrons.